The van der Waals surface area contributed by atoms with Gasteiger partial charge < -0.3 is 10.2 Å². The zero-order valence-corrected chi connectivity index (χ0v) is 16.7. The second-order valence-corrected chi connectivity index (χ2v) is 8.70. The van der Waals surface area contributed by atoms with E-state index < -0.39 is 0 Å². The number of thioether (sulfide) groups is 1. The number of hydrogen-bond donors (Lipinski definition) is 1. The zero-order valence-electron chi connectivity index (χ0n) is 15.9. The van der Waals surface area contributed by atoms with Gasteiger partial charge in [-0.25, -0.2) is 13.9 Å². The summed E-state index contributed by atoms with van der Waals surface area (Å²) in [4.78, 5) is 19.3. The van der Waals surface area contributed by atoms with Crippen molar-refractivity contribution in [3.63, 3.8) is 0 Å². The minimum atomic E-state index is -0.226. The summed E-state index contributed by atoms with van der Waals surface area (Å²) >= 11 is 1.86. The fourth-order valence-electron chi connectivity index (χ4n) is 4.18. The van der Waals surface area contributed by atoms with Gasteiger partial charge in [0.15, 0.2) is 11.3 Å². The number of rotatable bonds is 4. The SMILES string of the molecule is O=C(NC1CCSC1)c1cnc2ccc(N3CCC[C@@H]3c3cccc(F)c3)nn12. The fourth-order valence-corrected chi connectivity index (χ4v) is 5.33. The predicted molar refractivity (Wildman–Crippen MR) is 112 cm³/mol. The number of imidazole rings is 1. The summed E-state index contributed by atoms with van der Waals surface area (Å²) in [5.74, 6) is 2.43. The summed E-state index contributed by atoms with van der Waals surface area (Å²) in [6, 6.07) is 10.9. The van der Waals surface area contributed by atoms with Gasteiger partial charge in [-0.15, -0.1) is 5.10 Å². The molecule has 1 aromatic carbocycles. The van der Waals surface area contributed by atoms with Gasteiger partial charge in [0, 0.05) is 18.3 Å². The Hall–Kier alpha value is -2.61. The van der Waals surface area contributed by atoms with Crippen molar-refractivity contribution in [2.24, 2.45) is 0 Å². The van der Waals surface area contributed by atoms with Gasteiger partial charge in [-0.05, 0) is 54.8 Å². The summed E-state index contributed by atoms with van der Waals surface area (Å²) in [6.07, 6.45) is 4.53. The molecule has 1 amide bonds. The molecule has 2 saturated heterocycles. The van der Waals surface area contributed by atoms with Crippen LogP contribution in [0.5, 0.6) is 0 Å². The van der Waals surface area contributed by atoms with Crippen molar-refractivity contribution >= 4 is 29.1 Å². The van der Waals surface area contributed by atoms with Gasteiger partial charge in [-0.3, -0.25) is 4.79 Å². The third-order valence-electron chi connectivity index (χ3n) is 5.63. The normalized spacial score (nSPS) is 21.8. The van der Waals surface area contributed by atoms with Crippen LogP contribution in [0.15, 0.2) is 42.6 Å². The first kappa shape index (κ1) is 18.4. The minimum Gasteiger partial charge on any atom is -0.348 e. The number of aromatic nitrogens is 3. The lowest BCUT2D eigenvalue weighted by atomic mass is 10.0. The Morgan fingerprint density at radius 2 is 2.17 bits per heavy atom. The molecule has 0 bridgehead atoms. The fraction of sp³-hybridized carbons (Fsp3) is 0.381. The van der Waals surface area contributed by atoms with Gasteiger partial charge in [0.25, 0.3) is 5.91 Å². The van der Waals surface area contributed by atoms with Crippen molar-refractivity contribution in [2.45, 2.75) is 31.3 Å². The summed E-state index contributed by atoms with van der Waals surface area (Å²) in [7, 11) is 0. The lowest BCUT2D eigenvalue weighted by molar-refractivity contribution is 0.0934. The van der Waals surface area contributed by atoms with E-state index in [1.165, 1.54) is 6.07 Å². The molecule has 8 heteroatoms. The number of halogens is 1. The van der Waals surface area contributed by atoms with Crippen LogP contribution >= 0.6 is 11.8 Å². The number of benzene rings is 1. The van der Waals surface area contributed by atoms with Gasteiger partial charge >= 0.3 is 0 Å². The monoisotopic (exact) mass is 411 g/mol. The highest BCUT2D eigenvalue weighted by Crippen LogP contribution is 2.35. The molecular formula is C21H22FN5OS. The highest BCUT2D eigenvalue weighted by atomic mass is 32.2. The Morgan fingerprint density at radius 3 is 3.00 bits per heavy atom. The lowest BCUT2D eigenvalue weighted by Gasteiger charge is -2.26. The Balaban J connectivity index is 1.45. The first-order chi connectivity index (χ1) is 14.2. The minimum absolute atomic E-state index is 0.0759. The maximum absolute atomic E-state index is 13.7. The molecule has 6 nitrogen and oxygen atoms in total. The number of anilines is 1. The molecule has 3 aromatic rings. The van der Waals surface area contributed by atoms with Crippen molar-refractivity contribution in [3.05, 3.63) is 59.7 Å². The number of carbonyl (C=O) groups excluding carboxylic acids is 1. The van der Waals surface area contributed by atoms with Crippen molar-refractivity contribution in [1.82, 2.24) is 19.9 Å². The first-order valence-corrected chi connectivity index (χ1v) is 11.1. The van der Waals surface area contributed by atoms with Gasteiger partial charge in [-0.2, -0.15) is 11.8 Å². The Labute approximate surface area is 172 Å². The maximum Gasteiger partial charge on any atom is 0.271 e. The summed E-state index contributed by atoms with van der Waals surface area (Å²) in [5.41, 5.74) is 2.04. The smallest absolute Gasteiger partial charge is 0.271 e. The van der Waals surface area contributed by atoms with E-state index in [-0.39, 0.29) is 23.8 Å². The average molecular weight is 412 g/mol. The largest absolute Gasteiger partial charge is 0.348 e. The second kappa shape index (κ2) is 7.67. The third-order valence-corrected chi connectivity index (χ3v) is 6.79. The van der Waals surface area contributed by atoms with Gasteiger partial charge in [-0.1, -0.05) is 12.1 Å². The summed E-state index contributed by atoms with van der Waals surface area (Å²) in [6.45, 7) is 0.842. The quantitative estimate of drug-likeness (QED) is 0.713. The number of carbonyl (C=O) groups is 1. The van der Waals surface area contributed by atoms with Crippen LogP contribution in [0.2, 0.25) is 0 Å². The molecule has 2 atom stereocenters. The van der Waals surface area contributed by atoms with Crippen LogP contribution in [-0.4, -0.2) is 44.6 Å². The molecule has 0 spiro atoms. The van der Waals surface area contributed by atoms with E-state index in [1.54, 1.807) is 22.8 Å². The summed E-state index contributed by atoms with van der Waals surface area (Å²) in [5, 5.41) is 7.82. The van der Waals surface area contributed by atoms with Crippen LogP contribution in [0, 0.1) is 5.82 Å². The van der Waals surface area contributed by atoms with Crippen molar-refractivity contribution < 1.29 is 9.18 Å². The van der Waals surface area contributed by atoms with Gasteiger partial charge in [0.05, 0.1) is 12.2 Å². The number of nitrogens with one attached hydrogen (secondary N) is 1. The van der Waals surface area contributed by atoms with Gasteiger partial charge in [0.1, 0.15) is 11.6 Å². The molecule has 2 aromatic heterocycles. The molecule has 5 rings (SSSR count). The van der Waals surface area contributed by atoms with E-state index in [9.17, 15) is 9.18 Å². The third kappa shape index (κ3) is 3.57. The first-order valence-electron chi connectivity index (χ1n) is 9.94. The van der Waals surface area contributed by atoms with Gasteiger partial charge in [0.2, 0.25) is 0 Å². The Morgan fingerprint density at radius 1 is 1.24 bits per heavy atom. The second-order valence-electron chi connectivity index (χ2n) is 7.55. The van der Waals surface area contributed by atoms with Crippen molar-refractivity contribution in [1.29, 1.82) is 0 Å². The molecule has 0 saturated carbocycles. The lowest BCUT2D eigenvalue weighted by Crippen LogP contribution is -2.35. The van der Waals surface area contributed by atoms with E-state index in [4.69, 9.17) is 5.10 Å². The van der Waals surface area contributed by atoms with E-state index in [0.717, 1.165) is 48.7 Å². The standard InChI is InChI=1S/C21H22FN5OS/c22-15-4-1-3-14(11-15)17-5-2-9-26(17)20-7-6-19-23-12-18(27(19)25-20)21(28)24-16-8-10-29-13-16/h1,3-4,6-7,11-12,16-17H,2,5,8-10,13H2,(H,24,28)/t16?,17-/m1/s1. The average Bonchev–Trinajstić information content (AvgIpc) is 3.47. The zero-order chi connectivity index (χ0) is 19.8. The van der Waals surface area contributed by atoms with Crippen LogP contribution < -0.4 is 10.2 Å². The molecule has 150 valence electrons. The molecule has 0 radical (unpaired) electrons. The van der Waals surface area contributed by atoms with E-state index in [0.29, 0.717) is 11.3 Å². The van der Waals surface area contributed by atoms with Crippen molar-refractivity contribution in [3.8, 4) is 0 Å². The van der Waals surface area contributed by atoms with E-state index >= 15 is 0 Å². The highest BCUT2D eigenvalue weighted by molar-refractivity contribution is 7.99. The molecule has 2 aliphatic heterocycles. The van der Waals surface area contributed by atoms with E-state index in [2.05, 4.69) is 15.2 Å². The molecule has 2 fully saturated rings. The van der Waals surface area contributed by atoms with Crippen LogP contribution in [-0.2, 0) is 0 Å². The van der Waals surface area contributed by atoms with Crippen LogP contribution in [0.4, 0.5) is 10.2 Å². The predicted octanol–water partition coefficient (Wildman–Crippen LogP) is 3.45. The number of amides is 1. The van der Waals surface area contributed by atoms with E-state index in [1.807, 2.05) is 30.0 Å². The number of hydrogen-bond acceptors (Lipinski definition) is 5. The molecular weight excluding hydrogens is 389 g/mol. The number of fused-ring (bicyclic) bond motifs is 1. The van der Waals surface area contributed by atoms with Crippen LogP contribution in [0.25, 0.3) is 5.65 Å². The summed E-state index contributed by atoms with van der Waals surface area (Å²) < 4.78 is 15.4. The molecule has 1 unspecified atom stereocenters. The van der Waals surface area contributed by atoms with Crippen molar-refractivity contribution in [2.75, 3.05) is 23.0 Å². The number of nitrogens with zero attached hydrogens (tertiary/aromatic N) is 4. The molecule has 0 aliphatic carbocycles. The molecule has 1 N–H and O–H groups in total. The Bertz CT molecular complexity index is 1050. The molecule has 4 heterocycles. The topological polar surface area (TPSA) is 62.5 Å². The molecule has 2 aliphatic rings. The molecule has 29 heavy (non-hydrogen) atoms. The van der Waals surface area contributed by atoms with Crippen LogP contribution in [0.3, 0.4) is 0 Å². The highest BCUT2D eigenvalue weighted by Gasteiger charge is 2.28. The maximum atomic E-state index is 13.7. The van der Waals surface area contributed by atoms with Crippen LogP contribution in [0.1, 0.15) is 41.4 Å². The Kier molecular flexibility index (Phi) is 4.87.